The first-order valence-corrected chi connectivity index (χ1v) is 7.46. The molecule has 2 aromatic heterocycles. The largest absolute Gasteiger partial charge is 0.346 e. The predicted molar refractivity (Wildman–Crippen MR) is 77.7 cm³/mol. The van der Waals surface area contributed by atoms with Gasteiger partial charge in [0.15, 0.2) is 0 Å². The van der Waals surface area contributed by atoms with Gasteiger partial charge in [0, 0.05) is 42.7 Å². The Hall–Kier alpha value is -2.17. The van der Waals surface area contributed by atoms with Gasteiger partial charge in [0.1, 0.15) is 11.4 Å². The van der Waals surface area contributed by atoms with E-state index >= 15 is 0 Å². The number of fused-ring (bicyclic) bond motifs is 3. The topological polar surface area (TPSA) is 66.1 Å². The van der Waals surface area contributed by atoms with E-state index in [9.17, 15) is 9.59 Å². The maximum Gasteiger partial charge on any atom is 0.227 e. The number of nitrogens with zero attached hydrogens (tertiary/aromatic N) is 2. The van der Waals surface area contributed by atoms with Crippen LogP contribution in [0, 0.1) is 0 Å². The molecule has 2 aliphatic heterocycles. The Balaban J connectivity index is 1.58. The molecule has 2 saturated heterocycles. The van der Waals surface area contributed by atoms with Crippen molar-refractivity contribution >= 4 is 22.7 Å². The molecule has 5 heteroatoms. The third kappa shape index (κ3) is 2.04. The van der Waals surface area contributed by atoms with Crippen LogP contribution in [0.5, 0.6) is 0 Å². The van der Waals surface area contributed by atoms with Gasteiger partial charge in [-0.3, -0.25) is 9.59 Å². The Morgan fingerprint density at radius 2 is 2.10 bits per heavy atom. The zero-order chi connectivity index (χ0) is 14.4. The number of nitrogens with one attached hydrogen (secondary N) is 1. The van der Waals surface area contributed by atoms with Crippen molar-refractivity contribution in [3.05, 3.63) is 30.1 Å². The van der Waals surface area contributed by atoms with Gasteiger partial charge >= 0.3 is 0 Å². The van der Waals surface area contributed by atoms with E-state index in [0.717, 1.165) is 29.4 Å². The number of rotatable bonds is 2. The lowest BCUT2D eigenvalue weighted by molar-refractivity contribution is -0.138. The van der Waals surface area contributed by atoms with E-state index in [4.69, 9.17) is 0 Å². The molecule has 0 aliphatic carbocycles. The summed E-state index contributed by atoms with van der Waals surface area (Å²) >= 11 is 0. The molecule has 0 radical (unpaired) electrons. The minimum Gasteiger partial charge on any atom is -0.346 e. The molecule has 2 aromatic rings. The molecular weight excluding hydrogens is 266 g/mol. The second-order valence-corrected chi connectivity index (χ2v) is 6.02. The minimum atomic E-state index is 0.132. The molecule has 4 rings (SSSR count). The van der Waals surface area contributed by atoms with Crippen LogP contribution >= 0.6 is 0 Å². The molecule has 1 N–H and O–H groups in total. The van der Waals surface area contributed by atoms with Gasteiger partial charge in [0.25, 0.3) is 0 Å². The molecule has 1 amide bonds. The third-order valence-electron chi connectivity index (χ3n) is 4.71. The highest BCUT2D eigenvalue weighted by atomic mass is 16.2. The molecule has 5 nitrogen and oxygen atoms in total. The van der Waals surface area contributed by atoms with Crippen LogP contribution in [0.2, 0.25) is 0 Å². The van der Waals surface area contributed by atoms with E-state index in [1.807, 2.05) is 23.2 Å². The van der Waals surface area contributed by atoms with E-state index in [0.29, 0.717) is 25.0 Å². The highest BCUT2D eigenvalue weighted by Gasteiger charge is 2.42. The number of aromatic nitrogens is 2. The highest BCUT2D eigenvalue weighted by Crippen LogP contribution is 2.34. The van der Waals surface area contributed by atoms with Crippen molar-refractivity contribution in [3.63, 3.8) is 0 Å². The molecule has 0 saturated carbocycles. The van der Waals surface area contributed by atoms with E-state index in [1.165, 1.54) is 0 Å². The fraction of sp³-hybridized carbons (Fsp3) is 0.438. The first kappa shape index (κ1) is 12.6. The summed E-state index contributed by atoms with van der Waals surface area (Å²) in [4.78, 5) is 33.6. The SMILES string of the molecule is O=C1C[C@H]2CC[C@@H](C1)N2C(=O)Cc1c[nH]c2ncccc12. The molecule has 2 atom stereocenters. The number of amides is 1. The third-order valence-corrected chi connectivity index (χ3v) is 4.71. The average Bonchev–Trinajstić information content (AvgIpc) is 2.99. The van der Waals surface area contributed by atoms with E-state index in [1.54, 1.807) is 6.20 Å². The zero-order valence-electron chi connectivity index (χ0n) is 11.7. The lowest BCUT2D eigenvalue weighted by Crippen LogP contribution is -2.47. The van der Waals surface area contributed by atoms with Crippen LogP contribution in [0.4, 0.5) is 0 Å². The maximum atomic E-state index is 12.7. The summed E-state index contributed by atoms with van der Waals surface area (Å²) in [6, 6.07) is 4.13. The number of H-pyrrole nitrogens is 1. The van der Waals surface area contributed by atoms with E-state index in [2.05, 4.69) is 9.97 Å². The van der Waals surface area contributed by atoms with Crippen LogP contribution in [-0.4, -0.2) is 38.6 Å². The molecular formula is C16H17N3O2. The monoisotopic (exact) mass is 283 g/mol. The summed E-state index contributed by atoms with van der Waals surface area (Å²) in [5.41, 5.74) is 1.80. The van der Waals surface area contributed by atoms with Gasteiger partial charge in [-0.25, -0.2) is 4.98 Å². The van der Waals surface area contributed by atoms with Gasteiger partial charge in [0.05, 0.1) is 6.42 Å². The second-order valence-electron chi connectivity index (χ2n) is 6.02. The van der Waals surface area contributed by atoms with Gasteiger partial charge in [-0.05, 0) is 30.5 Å². The number of ketones is 1. The maximum absolute atomic E-state index is 12.7. The summed E-state index contributed by atoms with van der Waals surface area (Å²) < 4.78 is 0. The molecule has 21 heavy (non-hydrogen) atoms. The van der Waals surface area contributed by atoms with E-state index < -0.39 is 0 Å². The molecule has 0 aromatic carbocycles. The number of hydrogen-bond donors (Lipinski definition) is 1. The summed E-state index contributed by atoms with van der Waals surface area (Å²) in [5.74, 6) is 0.447. The van der Waals surface area contributed by atoms with Crippen molar-refractivity contribution in [1.82, 2.24) is 14.9 Å². The average molecular weight is 283 g/mol. The molecule has 108 valence electrons. The Bertz CT molecular complexity index is 705. The molecule has 2 aliphatic rings. The predicted octanol–water partition coefficient (Wildman–Crippen LogP) is 1.83. The number of pyridine rings is 1. The summed E-state index contributed by atoms with van der Waals surface area (Å²) in [5, 5.41) is 1.01. The first-order valence-electron chi connectivity index (χ1n) is 7.46. The van der Waals surface area contributed by atoms with Crippen molar-refractivity contribution in [2.45, 2.75) is 44.2 Å². The number of aromatic amines is 1. The Morgan fingerprint density at radius 3 is 2.86 bits per heavy atom. The highest BCUT2D eigenvalue weighted by molar-refractivity contribution is 5.89. The first-order chi connectivity index (χ1) is 10.2. The number of carbonyl (C=O) groups is 2. The Labute approximate surface area is 122 Å². The van der Waals surface area contributed by atoms with Crippen molar-refractivity contribution < 1.29 is 9.59 Å². The number of Topliss-reactive ketones (excluding diaryl/α,β-unsaturated/α-hetero) is 1. The molecule has 2 fully saturated rings. The summed E-state index contributed by atoms with van der Waals surface area (Å²) in [6.07, 6.45) is 7.00. The zero-order valence-corrected chi connectivity index (χ0v) is 11.7. The molecule has 0 unspecified atom stereocenters. The van der Waals surface area contributed by atoms with Crippen molar-refractivity contribution in [1.29, 1.82) is 0 Å². The summed E-state index contributed by atoms with van der Waals surface area (Å²) in [7, 11) is 0. The van der Waals surface area contributed by atoms with Crippen LogP contribution in [0.15, 0.2) is 24.5 Å². The second kappa shape index (κ2) is 4.69. The lowest BCUT2D eigenvalue weighted by atomic mass is 10.00. The van der Waals surface area contributed by atoms with Crippen molar-refractivity contribution in [2.75, 3.05) is 0 Å². The van der Waals surface area contributed by atoms with Crippen LogP contribution in [0.25, 0.3) is 11.0 Å². The Morgan fingerprint density at radius 1 is 1.33 bits per heavy atom. The number of hydrogen-bond acceptors (Lipinski definition) is 3. The van der Waals surface area contributed by atoms with Crippen LogP contribution < -0.4 is 0 Å². The summed E-state index contributed by atoms with van der Waals surface area (Å²) in [6.45, 7) is 0. The smallest absolute Gasteiger partial charge is 0.227 e. The standard InChI is InChI=1S/C16H17N3O2/c20-13-7-11-3-4-12(8-13)19(11)15(21)6-10-9-18-16-14(10)2-1-5-17-16/h1-2,5,9,11-12H,3-4,6-8H2,(H,17,18)/t11-,12+. The van der Waals surface area contributed by atoms with Crippen molar-refractivity contribution in [2.24, 2.45) is 0 Å². The van der Waals surface area contributed by atoms with Crippen LogP contribution in [-0.2, 0) is 16.0 Å². The fourth-order valence-corrected chi connectivity index (χ4v) is 3.79. The van der Waals surface area contributed by atoms with Crippen LogP contribution in [0.3, 0.4) is 0 Å². The minimum absolute atomic E-state index is 0.132. The normalized spacial score (nSPS) is 24.8. The lowest BCUT2D eigenvalue weighted by Gasteiger charge is -2.34. The molecule has 0 spiro atoms. The van der Waals surface area contributed by atoms with Crippen LogP contribution in [0.1, 0.15) is 31.2 Å². The van der Waals surface area contributed by atoms with E-state index in [-0.39, 0.29) is 18.0 Å². The van der Waals surface area contributed by atoms with Gasteiger partial charge < -0.3 is 9.88 Å². The Kier molecular flexibility index (Phi) is 2.80. The molecule has 2 bridgehead atoms. The number of carbonyl (C=O) groups excluding carboxylic acids is 2. The molecule has 4 heterocycles. The number of piperidine rings is 1. The van der Waals surface area contributed by atoms with Gasteiger partial charge in [0.2, 0.25) is 5.91 Å². The van der Waals surface area contributed by atoms with Gasteiger partial charge in [-0.1, -0.05) is 0 Å². The quantitative estimate of drug-likeness (QED) is 0.914. The van der Waals surface area contributed by atoms with Gasteiger partial charge in [-0.15, -0.1) is 0 Å². The fourth-order valence-electron chi connectivity index (χ4n) is 3.79. The van der Waals surface area contributed by atoms with Crippen molar-refractivity contribution in [3.8, 4) is 0 Å². The van der Waals surface area contributed by atoms with Gasteiger partial charge in [-0.2, -0.15) is 0 Å².